The van der Waals surface area contributed by atoms with Crippen LogP contribution in [0.4, 0.5) is 0 Å². The van der Waals surface area contributed by atoms with Gasteiger partial charge in [-0.3, -0.25) is 0 Å². The molecule has 2 nitrogen and oxygen atoms in total. The number of aliphatic hydroxyl groups excluding tert-OH is 1. The molecule has 0 aliphatic heterocycles. The predicted octanol–water partition coefficient (Wildman–Crippen LogP) is 2.46. The lowest BCUT2D eigenvalue weighted by Gasteiger charge is -2.07. The minimum Gasteiger partial charge on any atom is -0.392 e. The predicted molar refractivity (Wildman–Crippen MR) is 59.8 cm³/mol. The summed E-state index contributed by atoms with van der Waals surface area (Å²) in [5.74, 6) is 0. The van der Waals surface area contributed by atoms with E-state index in [4.69, 9.17) is 28.3 Å². The van der Waals surface area contributed by atoms with Crippen LogP contribution in [-0.2, 0) is 6.54 Å². The number of nitrogens with one attached hydrogen (secondary N) is 1. The van der Waals surface area contributed by atoms with Crippen LogP contribution in [0.3, 0.4) is 0 Å². The van der Waals surface area contributed by atoms with Crippen molar-refractivity contribution in [3.63, 3.8) is 0 Å². The average Bonchev–Trinajstić information content (AvgIpc) is 2.01. The largest absolute Gasteiger partial charge is 0.392 e. The summed E-state index contributed by atoms with van der Waals surface area (Å²) in [6.45, 7) is 2.95. The molecule has 0 spiro atoms. The molecule has 0 unspecified atom stereocenters. The first-order chi connectivity index (χ1) is 6.58. The number of benzene rings is 1. The third kappa shape index (κ3) is 4.29. The number of rotatable bonds is 4. The van der Waals surface area contributed by atoms with Gasteiger partial charge in [0.1, 0.15) is 0 Å². The van der Waals surface area contributed by atoms with Crippen molar-refractivity contribution >= 4 is 23.2 Å². The van der Waals surface area contributed by atoms with Crippen LogP contribution in [0.1, 0.15) is 12.5 Å². The maximum atomic E-state index is 9.02. The SMILES string of the molecule is C[C@@H](O)CNCc1cc(Cl)cc(Cl)c1. The highest BCUT2D eigenvalue weighted by atomic mass is 35.5. The fraction of sp³-hybridized carbons (Fsp3) is 0.400. The fourth-order valence-electron chi connectivity index (χ4n) is 1.14. The highest BCUT2D eigenvalue weighted by Gasteiger charge is 1.99. The van der Waals surface area contributed by atoms with E-state index in [1.165, 1.54) is 0 Å². The zero-order valence-electron chi connectivity index (χ0n) is 7.93. The molecule has 0 amide bonds. The van der Waals surface area contributed by atoms with E-state index < -0.39 is 0 Å². The number of hydrogen-bond acceptors (Lipinski definition) is 2. The molecule has 0 aromatic heterocycles. The Kier molecular flexibility index (Phi) is 4.69. The molecule has 0 saturated carbocycles. The molecular weight excluding hydrogens is 221 g/mol. The number of halogens is 2. The van der Waals surface area contributed by atoms with Gasteiger partial charge in [-0.2, -0.15) is 0 Å². The zero-order valence-corrected chi connectivity index (χ0v) is 9.44. The van der Waals surface area contributed by atoms with E-state index in [0.29, 0.717) is 23.1 Å². The number of aliphatic hydroxyl groups is 1. The highest BCUT2D eigenvalue weighted by Crippen LogP contribution is 2.18. The third-order valence-electron chi connectivity index (χ3n) is 1.69. The normalized spacial score (nSPS) is 12.9. The Bertz CT molecular complexity index is 282. The molecule has 1 aromatic carbocycles. The molecular formula is C10H13Cl2NO. The van der Waals surface area contributed by atoms with Crippen molar-refractivity contribution in [1.82, 2.24) is 5.32 Å². The smallest absolute Gasteiger partial charge is 0.0636 e. The molecule has 0 bridgehead atoms. The summed E-state index contributed by atoms with van der Waals surface area (Å²) in [6, 6.07) is 5.40. The van der Waals surface area contributed by atoms with E-state index in [0.717, 1.165) is 5.56 Å². The summed E-state index contributed by atoms with van der Waals surface area (Å²) >= 11 is 11.7. The van der Waals surface area contributed by atoms with Crippen LogP contribution in [0.15, 0.2) is 18.2 Å². The summed E-state index contributed by atoms with van der Waals surface area (Å²) in [5, 5.41) is 13.4. The number of hydrogen-bond donors (Lipinski definition) is 2. The summed E-state index contributed by atoms with van der Waals surface area (Å²) < 4.78 is 0. The van der Waals surface area contributed by atoms with Crippen LogP contribution in [0.25, 0.3) is 0 Å². The van der Waals surface area contributed by atoms with Gasteiger partial charge in [0.2, 0.25) is 0 Å². The van der Waals surface area contributed by atoms with E-state index in [2.05, 4.69) is 5.32 Å². The maximum Gasteiger partial charge on any atom is 0.0636 e. The second-order valence-corrected chi connectivity index (χ2v) is 4.13. The summed E-state index contributed by atoms with van der Waals surface area (Å²) in [6.07, 6.45) is -0.343. The fourth-order valence-corrected chi connectivity index (χ4v) is 1.71. The summed E-state index contributed by atoms with van der Waals surface area (Å²) in [7, 11) is 0. The molecule has 1 aromatic rings. The Balaban J connectivity index is 2.50. The van der Waals surface area contributed by atoms with E-state index in [1.807, 2.05) is 12.1 Å². The molecule has 0 radical (unpaired) electrons. The van der Waals surface area contributed by atoms with Crippen molar-refractivity contribution in [2.24, 2.45) is 0 Å². The van der Waals surface area contributed by atoms with Crippen molar-refractivity contribution in [3.05, 3.63) is 33.8 Å². The lowest BCUT2D eigenvalue weighted by Crippen LogP contribution is -2.23. The van der Waals surface area contributed by atoms with E-state index >= 15 is 0 Å². The van der Waals surface area contributed by atoms with Gasteiger partial charge in [0, 0.05) is 23.1 Å². The monoisotopic (exact) mass is 233 g/mol. The van der Waals surface area contributed by atoms with Crippen LogP contribution >= 0.6 is 23.2 Å². The van der Waals surface area contributed by atoms with E-state index in [1.54, 1.807) is 13.0 Å². The van der Waals surface area contributed by atoms with Crippen molar-refractivity contribution < 1.29 is 5.11 Å². The molecule has 1 rings (SSSR count). The highest BCUT2D eigenvalue weighted by molar-refractivity contribution is 6.34. The Hall–Kier alpha value is -0.280. The molecule has 78 valence electrons. The average molecular weight is 234 g/mol. The Labute approximate surface area is 93.8 Å². The van der Waals surface area contributed by atoms with Gasteiger partial charge in [0.05, 0.1) is 6.10 Å². The van der Waals surface area contributed by atoms with Crippen LogP contribution in [0, 0.1) is 0 Å². The van der Waals surface area contributed by atoms with E-state index in [-0.39, 0.29) is 6.10 Å². The van der Waals surface area contributed by atoms with Crippen LogP contribution in [0.2, 0.25) is 10.0 Å². The minimum atomic E-state index is -0.343. The standard InChI is InChI=1S/C10H13Cl2NO/c1-7(14)5-13-6-8-2-9(11)4-10(12)3-8/h2-4,7,13-14H,5-6H2,1H3/t7-/m1/s1. The van der Waals surface area contributed by atoms with Crippen molar-refractivity contribution in [2.45, 2.75) is 19.6 Å². The van der Waals surface area contributed by atoms with Gasteiger partial charge < -0.3 is 10.4 Å². The molecule has 1 atom stereocenters. The lowest BCUT2D eigenvalue weighted by atomic mass is 10.2. The third-order valence-corrected chi connectivity index (χ3v) is 2.13. The minimum absolute atomic E-state index is 0.343. The lowest BCUT2D eigenvalue weighted by molar-refractivity contribution is 0.191. The summed E-state index contributed by atoms with van der Waals surface area (Å²) in [5.41, 5.74) is 1.02. The van der Waals surface area contributed by atoms with Crippen LogP contribution < -0.4 is 5.32 Å². The quantitative estimate of drug-likeness (QED) is 0.838. The molecule has 14 heavy (non-hydrogen) atoms. The Morgan fingerprint density at radius 2 is 1.86 bits per heavy atom. The van der Waals surface area contributed by atoms with Crippen molar-refractivity contribution in [3.8, 4) is 0 Å². The molecule has 2 N–H and O–H groups in total. The molecule has 0 saturated heterocycles. The first-order valence-corrected chi connectivity index (χ1v) is 5.17. The topological polar surface area (TPSA) is 32.3 Å². The van der Waals surface area contributed by atoms with Crippen molar-refractivity contribution in [2.75, 3.05) is 6.54 Å². The second kappa shape index (κ2) is 5.56. The Morgan fingerprint density at radius 1 is 1.29 bits per heavy atom. The second-order valence-electron chi connectivity index (χ2n) is 3.26. The van der Waals surface area contributed by atoms with E-state index in [9.17, 15) is 0 Å². The van der Waals surface area contributed by atoms with Gasteiger partial charge >= 0.3 is 0 Å². The molecule has 0 heterocycles. The molecule has 0 fully saturated rings. The first kappa shape index (κ1) is 11.8. The van der Waals surface area contributed by atoms with Gasteiger partial charge in [-0.05, 0) is 30.7 Å². The van der Waals surface area contributed by atoms with Gasteiger partial charge in [-0.25, -0.2) is 0 Å². The first-order valence-electron chi connectivity index (χ1n) is 4.41. The van der Waals surface area contributed by atoms with Gasteiger partial charge in [-0.15, -0.1) is 0 Å². The maximum absolute atomic E-state index is 9.02. The van der Waals surface area contributed by atoms with Crippen LogP contribution in [0.5, 0.6) is 0 Å². The molecule has 4 heteroatoms. The molecule has 0 aliphatic rings. The summed E-state index contributed by atoms with van der Waals surface area (Å²) in [4.78, 5) is 0. The van der Waals surface area contributed by atoms with Gasteiger partial charge in [-0.1, -0.05) is 23.2 Å². The van der Waals surface area contributed by atoms with Gasteiger partial charge in [0.15, 0.2) is 0 Å². The van der Waals surface area contributed by atoms with Crippen molar-refractivity contribution in [1.29, 1.82) is 0 Å². The zero-order chi connectivity index (χ0) is 10.6. The van der Waals surface area contributed by atoms with Crippen LogP contribution in [-0.4, -0.2) is 17.8 Å². The molecule has 0 aliphatic carbocycles. The Morgan fingerprint density at radius 3 is 2.36 bits per heavy atom. The van der Waals surface area contributed by atoms with Gasteiger partial charge in [0.25, 0.3) is 0 Å².